The third-order valence-electron chi connectivity index (χ3n) is 5.36. The number of thiazole rings is 1. The SMILES string of the molecule is Cc1nc(C)c(C(=O)C2=C(O)C(=O)N(CCN(C)C)C2c2c[nH]c3ccccc23)s1. The van der Waals surface area contributed by atoms with E-state index in [9.17, 15) is 14.7 Å². The first kappa shape index (κ1) is 20.3. The van der Waals surface area contributed by atoms with Gasteiger partial charge in [-0.25, -0.2) is 4.98 Å². The van der Waals surface area contributed by atoms with Gasteiger partial charge in [0, 0.05) is 35.8 Å². The van der Waals surface area contributed by atoms with Crippen LogP contribution >= 0.6 is 11.3 Å². The predicted molar refractivity (Wildman–Crippen MR) is 117 cm³/mol. The van der Waals surface area contributed by atoms with Crippen molar-refractivity contribution in [3.63, 3.8) is 0 Å². The van der Waals surface area contributed by atoms with Gasteiger partial charge in [0.05, 0.1) is 27.2 Å². The van der Waals surface area contributed by atoms with Crippen molar-refractivity contribution < 1.29 is 14.7 Å². The summed E-state index contributed by atoms with van der Waals surface area (Å²) in [6.45, 7) is 4.61. The lowest BCUT2D eigenvalue weighted by atomic mass is 9.94. The summed E-state index contributed by atoms with van der Waals surface area (Å²) in [5, 5.41) is 12.5. The number of hydrogen-bond acceptors (Lipinski definition) is 6. The number of hydrogen-bond donors (Lipinski definition) is 2. The summed E-state index contributed by atoms with van der Waals surface area (Å²) >= 11 is 1.28. The van der Waals surface area contributed by atoms with Gasteiger partial charge in [0.25, 0.3) is 5.91 Å². The average molecular weight is 425 g/mol. The Bertz CT molecular complexity index is 1170. The number of aromatic nitrogens is 2. The lowest BCUT2D eigenvalue weighted by molar-refractivity contribution is -0.129. The van der Waals surface area contributed by atoms with E-state index in [0.717, 1.165) is 21.5 Å². The van der Waals surface area contributed by atoms with Crippen LogP contribution in [0, 0.1) is 13.8 Å². The monoisotopic (exact) mass is 424 g/mol. The molecular weight excluding hydrogens is 400 g/mol. The molecule has 0 spiro atoms. The minimum Gasteiger partial charge on any atom is -0.503 e. The standard InChI is InChI=1S/C22H24N4O3S/c1-12-21(30-13(2)24-12)19(27)17-18(15-11-23-16-8-6-5-7-14(15)16)26(10-9-25(3)4)22(29)20(17)28/h5-8,11,18,23,28H,9-10H2,1-4H3. The van der Waals surface area contributed by atoms with E-state index in [-0.39, 0.29) is 11.4 Å². The highest BCUT2D eigenvalue weighted by atomic mass is 32.1. The highest BCUT2D eigenvalue weighted by Crippen LogP contribution is 2.42. The second-order valence-corrected chi connectivity index (χ2v) is 8.94. The van der Waals surface area contributed by atoms with Crippen LogP contribution in [0.1, 0.15) is 32.0 Å². The largest absolute Gasteiger partial charge is 0.503 e. The van der Waals surface area contributed by atoms with E-state index in [1.54, 1.807) is 11.8 Å². The molecule has 0 saturated carbocycles. The fourth-order valence-electron chi connectivity index (χ4n) is 3.93. The van der Waals surface area contributed by atoms with E-state index in [1.807, 2.05) is 56.4 Å². The van der Waals surface area contributed by atoms with Crippen molar-refractivity contribution in [3.8, 4) is 0 Å². The number of benzene rings is 1. The normalized spacial score (nSPS) is 17.0. The van der Waals surface area contributed by atoms with E-state index in [4.69, 9.17) is 0 Å². The quantitative estimate of drug-likeness (QED) is 0.592. The maximum Gasteiger partial charge on any atom is 0.290 e. The molecule has 0 fully saturated rings. The Kier molecular flexibility index (Phi) is 5.21. The van der Waals surface area contributed by atoms with Gasteiger partial charge < -0.3 is 19.9 Å². The molecule has 1 atom stereocenters. The molecule has 156 valence electrons. The topological polar surface area (TPSA) is 89.5 Å². The molecule has 3 aromatic rings. The second-order valence-electron chi connectivity index (χ2n) is 7.73. The van der Waals surface area contributed by atoms with Gasteiger partial charge in [0.1, 0.15) is 0 Å². The summed E-state index contributed by atoms with van der Waals surface area (Å²) in [5.74, 6) is -1.33. The van der Waals surface area contributed by atoms with Gasteiger partial charge in [-0.1, -0.05) is 18.2 Å². The smallest absolute Gasteiger partial charge is 0.290 e. The third kappa shape index (κ3) is 3.32. The number of carbonyl (C=O) groups excluding carboxylic acids is 2. The maximum atomic E-state index is 13.5. The molecular formula is C22H24N4O3S. The van der Waals surface area contributed by atoms with Crippen LogP contribution in [0.4, 0.5) is 0 Å². The van der Waals surface area contributed by atoms with Crippen molar-refractivity contribution in [2.45, 2.75) is 19.9 Å². The Balaban J connectivity index is 1.86. The highest BCUT2D eigenvalue weighted by Gasteiger charge is 2.45. The zero-order valence-corrected chi connectivity index (χ0v) is 18.2. The Morgan fingerprint density at radius 1 is 1.30 bits per heavy atom. The molecule has 2 N–H and O–H groups in total. The summed E-state index contributed by atoms with van der Waals surface area (Å²) in [5.41, 5.74) is 2.44. The number of ketones is 1. The van der Waals surface area contributed by atoms with Gasteiger partial charge >= 0.3 is 0 Å². The Morgan fingerprint density at radius 3 is 2.70 bits per heavy atom. The molecule has 2 aromatic heterocycles. The van der Waals surface area contributed by atoms with Crippen molar-refractivity contribution in [1.82, 2.24) is 19.8 Å². The van der Waals surface area contributed by atoms with Gasteiger partial charge in [-0.05, 0) is 34.0 Å². The lowest BCUT2D eigenvalue weighted by Gasteiger charge is -2.27. The van der Waals surface area contributed by atoms with E-state index in [2.05, 4.69) is 9.97 Å². The molecule has 0 saturated heterocycles. The summed E-state index contributed by atoms with van der Waals surface area (Å²) in [4.78, 5) is 38.1. The molecule has 8 heteroatoms. The average Bonchev–Trinajstić information content (AvgIpc) is 3.34. The van der Waals surface area contributed by atoms with Crippen molar-refractivity contribution in [1.29, 1.82) is 0 Å². The summed E-state index contributed by atoms with van der Waals surface area (Å²) in [6.07, 6.45) is 1.82. The first-order chi connectivity index (χ1) is 14.3. The number of Topliss-reactive ketones (excluding diaryl/α,β-unsaturated/α-hetero) is 1. The molecule has 0 aliphatic carbocycles. The number of aliphatic hydroxyl groups excluding tert-OH is 1. The van der Waals surface area contributed by atoms with Crippen LogP contribution < -0.4 is 0 Å². The molecule has 3 heterocycles. The number of likely N-dealkylation sites (N-methyl/N-ethyl adjacent to an activating group) is 1. The van der Waals surface area contributed by atoms with Gasteiger partial charge in [-0.15, -0.1) is 11.3 Å². The lowest BCUT2D eigenvalue weighted by Crippen LogP contribution is -2.36. The second kappa shape index (κ2) is 7.70. The molecule has 1 aliphatic rings. The molecule has 30 heavy (non-hydrogen) atoms. The Labute approximate surface area is 178 Å². The van der Waals surface area contributed by atoms with Crippen LogP contribution in [0.3, 0.4) is 0 Å². The minimum absolute atomic E-state index is 0.121. The summed E-state index contributed by atoms with van der Waals surface area (Å²) in [7, 11) is 3.84. The molecule has 0 radical (unpaired) electrons. The summed E-state index contributed by atoms with van der Waals surface area (Å²) in [6, 6.07) is 7.08. The van der Waals surface area contributed by atoms with Crippen LogP contribution in [0.25, 0.3) is 10.9 Å². The highest BCUT2D eigenvalue weighted by molar-refractivity contribution is 7.14. The Morgan fingerprint density at radius 2 is 2.03 bits per heavy atom. The van der Waals surface area contributed by atoms with Crippen LogP contribution in [-0.2, 0) is 4.79 Å². The van der Waals surface area contributed by atoms with Gasteiger partial charge in [-0.3, -0.25) is 9.59 Å². The molecule has 1 aliphatic heterocycles. The number of H-pyrrole nitrogens is 1. The number of aliphatic hydroxyl groups is 1. The fraction of sp³-hybridized carbons (Fsp3) is 0.318. The maximum absolute atomic E-state index is 13.5. The van der Waals surface area contributed by atoms with E-state index in [1.165, 1.54) is 11.3 Å². The first-order valence-corrected chi connectivity index (χ1v) is 10.5. The molecule has 1 aromatic carbocycles. The van der Waals surface area contributed by atoms with Crippen LogP contribution in [0.2, 0.25) is 0 Å². The number of para-hydroxylation sites is 1. The molecule has 1 unspecified atom stereocenters. The van der Waals surface area contributed by atoms with Gasteiger partial charge in [0.2, 0.25) is 5.78 Å². The third-order valence-corrected chi connectivity index (χ3v) is 6.43. The van der Waals surface area contributed by atoms with Gasteiger partial charge in [0.15, 0.2) is 5.76 Å². The van der Waals surface area contributed by atoms with E-state index >= 15 is 0 Å². The van der Waals surface area contributed by atoms with Crippen molar-refractivity contribution in [3.05, 3.63) is 62.9 Å². The number of aryl methyl sites for hydroxylation is 2. The number of aromatic amines is 1. The number of rotatable bonds is 6. The molecule has 7 nitrogen and oxygen atoms in total. The predicted octanol–water partition coefficient (Wildman–Crippen LogP) is 3.38. The Hall–Kier alpha value is -2.97. The van der Waals surface area contributed by atoms with Crippen LogP contribution in [0.5, 0.6) is 0 Å². The van der Waals surface area contributed by atoms with E-state index < -0.39 is 17.7 Å². The van der Waals surface area contributed by atoms with E-state index in [0.29, 0.717) is 23.7 Å². The van der Waals surface area contributed by atoms with Crippen molar-refractivity contribution in [2.24, 2.45) is 0 Å². The fourth-order valence-corrected chi connectivity index (χ4v) is 4.81. The first-order valence-electron chi connectivity index (χ1n) is 9.73. The number of amides is 1. The zero-order valence-electron chi connectivity index (χ0n) is 17.4. The van der Waals surface area contributed by atoms with Crippen molar-refractivity contribution >= 4 is 33.9 Å². The van der Waals surface area contributed by atoms with Gasteiger partial charge in [-0.2, -0.15) is 0 Å². The van der Waals surface area contributed by atoms with Crippen LogP contribution in [0.15, 0.2) is 41.8 Å². The number of carbonyl (C=O) groups is 2. The zero-order chi connectivity index (χ0) is 21.6. The number of fused-ring (bicyclic) bond motifs is 1. The van der Waals surface area contributed by atoms with Crippen LogP contribution in [-0.4, -0.2) is 63.7 Å². The number of nitrogens with one attached hydrogen (secondary N) is 1. The molecule has 4 rings (SSSR count). The number of nitrogens with zero attached hydrogens (tertiary/aromatic N) is 3. The molecule has 0 bridgehead atoms. The summed E-state index contributed by atoms with van der Waals surface area (Å²) < 4.78 is 0. The molecule has 1 amide bonds. The minimum atomic E-state index is -0.664. The van der Waals surface area contributed by atoms with Crippen molar-refractivity contribution in [2.75, 3.05) is 27.2 Å².